The lowest BCUT2D eigenvalue weighted by molar-refractivity contribution is 0.0538. The van der Waals surface area contributed by atoms with E-state index >= 15 is 0 Å². The fourth-order valence-corrected chi connectivity index (χ4v) is 0.888. The molecule has 4 nitrogen and oxygen atoms in total. The van der Waals surface area contributed by atoms with E-state index < -0.39 is 11.7 Å². The van der Waals surface area contributed by atoms with E-state index in [0.717, 1.165) is 12.1 Å². The summed E-state index contributed by atoms with van der Waals surface area (Å²) in [5, 5.41) is 0. The highest BCUT2D eigenvalue weighted by Crippen LogP contribution is 2.12. The third-order valence-corrected chi connectivity index (χ3v) is 1.45. The zero-order valence-electron chi connectivity index (χ0n) is 7.00. The second-order valence-electron chi connectivity index (χ2n) is 2.37. The molecule has 0 saturated heterocycles. The monoisotopic (exact) mass is 184 g/mol. The lowest BCUT2D eigenvalue weighted by Gasteiger charge is -2.04. The van der Waals surface area contributed by atoms with Crippen LogP contribution in [0.25, 0.3) is 0 Å². The predicted octanol–water partition coefficient (Wildman–Crippen LogP) is 0.699. The molecule has 1 aromatic carbocycles. The first kappa shape index (κ1) is 9.47. The SMILES string of the molecule is CONC(=O)c1ccc(F)cc1N. The van der Waals surface area contributed by atoms with Gasteiger partial charge in [0.1, 0.15) is 5.82 Å². The summed E-state index contributed by atoms with van der Waals surface area (Å²) >= 11 is 0. The molecule has 13 heavy (non-hydrogen) atoms. The molecule has 0 saturated carbocycles. The fourth-order valence-electron chi connectivity index (χ4n) is 0.888. The summed E-state index contributed by atoms with van der Waals surface area (Å²) < 4.78 is 12.6. The Morgan fingerprint density at radius 1 is 1.62 bits per heavy atom. The van der Waals surface area contributed by atoms with E-state index in [4.69, 9.17) is 5.73 Å². The maximum absolute atomic E-state index is 12.6. The summed E-state index contributed by atoms with van der Waals surface area (Å²) in [5.74, 6) is -0.980. The highest BCUT2D eigenvalue weighted by Gasteiger charge is 2.09. The molecule has 0 aromatic heterocycles. The minimum absolute atomic E-state index is 0.0783. The number of amides is 1. The summed E-state index contributed by atoms with van der Waals surface area (Å²) in [6.45, 7) is 0. The zero-order valence-corrected chi connectivity index (χ0v) is 7.00. The summed E-state index contributed by atoms with van der Waals surface area (Å²) in [6, 6.07) is 3.52. The standard InChI is InChI=1S/C8H9FN2O2/c1-13-11-8(12)6-3-2-5(9)4-7(6)10/h2-4H,10H2,1H3,(H,11,12). The van der Waals surface area contributed by atoms with Crippen LogP contribution in [0.1, 0.15) is 10.4 Å². The number of carbonyl (C=O) groups excluding carboxylic acids is 1. The Morgan fingerprint density at radius 3 is 2.85 bits per heavy atom. The van der Waals surface area contributed by atoms with E-state index in [9.17, 15) is 9.18 Å². The molecule has 0 radical (unpaired) electrons. The first-order valence-electron chi connectivity index (χ1n) is 3.53. The molecule has 1 amide bonds. The van der Waals surface area contributed by atoms with Gasteiger partial charge in [0.05, 0.1) is 12.7 Å². The van der Waals surface area contributed by atoms with Gasteiger partial charge in [-0.2, -0.15) is 0 Å². The second-order valence-corrected chi connectivity index (χ2v) is 2.37. The molecule has 0 fully saturated rings. The van der Waals surface area contributed by atoms with Crippen molar-refractivity contribution in [2.45, 2.75) is 0 Å². The molecule has 1 aromatic rings. The minimum Gasteiger partial charge on any atom is -0.398 e. The van der Waals surface area contributed by atoms with Gasteiger partial charge in [0.25, 0.3) is 5.91 Å². The van der Waals surface area contributed by atoms with E-state index in [-0.39, 0.29) is 11.3 Å². The van der Waals surface area contributed by atoms with Crippen LogP contribution in [-0.4, -0.2) is 13.0 Å². The second kappa shape index (κ2) is 3.86. The number of hydrogen-bond acceptors (Lipinski definition) is 3. The normalized spacial score (nSPS) is 9.69. The number of nitrogens with one attached hydrogen (secondary N) is 1. The largest absolute Gasteiger partial charge is 0.398 e. The van der Waals surface area contributed by atoms with Gasteiger partial charge in [0.2, 0.25) is 0 Å². The molecule has 0 unspecified atom stereocenters. The molecule has 0 bridgehead atoms. The molecule has 70 valence electrons. The number of rotatable bonds is 2. The predicted molar refractivity (Wildman–Crippen MR) is 45.3 cm³/mol. The lowest BCUT2D eigenvalue weighted by atomic mass is 10.2. The van der Waals surface area contributed by atoms with E-state index in [1.54, 1.807) is 0 Å². The topological polar surface area (TPSA) is 64.3 Å². The van der Waals surface area contributed by atoms with Crippen molar-refractivity contribution in [1.82, 2.24) is 5.48 Å². The van der Waals surface area contributed by atoms with Gasteiger partial charge in [-0.05, 0) is 18.2 Å². The molecule has 3 N–H and O–H groups in total. The Bertz CT molecular complexity index is 328. The fraction of sp³-hybridized carbons (Fsp3) is 0.125. The van der Waals surface area contributed by atoms with Gasteiger partial charge in [0, 0.05) is 5.69 Å². The van der Waals surface area contributed by atoms with Crippen LogP contribution >= 0.6 is 0 Å². The van der Waals surface area contributed by atoms with Gasteiger partial charge in [-0.3, -0.25) is 9.63 Å². The summed E-state index contributed by atoms with van der Waals surface area (Å²) in [6.07, 6.45) is 0. The van der Waals surface area contributed by atoms with Gasteiger partial charge in [-0.15, -0.1) is 0 Å². The maximum atomic E-state index is 12.6. The van der Waals surface area contributed by atoms with Crippen LogP contribution in [0.3, 0.4) is 0 Å². The molecule has 0 aliphatic carbocycles. The number of halogens is 1. The number of benzene rings is 1. The van der Waals surface area contributed by atoms with Crippen molar-refractivity contribution in [3.8, 4) is 0 Å². The third kappa shape index (κ3) is 2.16. The molecule has 1 rings (SSSR count). The van der Waals surface area contributed by atoms with Gasteiger partial charge in [0.15, 0.2) is 0 Å². The van der Waals surface area contributed by atoms with E-state index in [1.165, 1.54) is 13.2 Å². The van der Waals surface area contributed by atoms with Crippen LogP contribution in [0.4, 0.5) is 10.1 Å². The number of nitrogens with two attached hydrogens (primary N) is 1. The minimum atomic E-state index is -0.500. The Morgan fingerprint density at radius 2 is 2.31 bits per heavy atom. The van der Waals surface area contributed by atoms with Crippen LogP contribution in [0.5, 0.6) is 0 Å². The van der Waals surface area contributed by atoms with Crippen molar-refractivity contribution in [2.75, 3.05) is 12.8 Å². The van der Waals surface area contributed by atoms with Crippen LogP contribution in [0.15, 0.2) is 18.2 Å². The number of hydroxylamine groups is 1. The van der Waals surface area contributed by atoms with Crippen LogP contribution in [0.2, 0.25) is 0 Å². The summed E-state index contributed by atoms with van der Waals surface area (Å²) in [7, 11) is 1.30. The highest BCUT2D eigenvalue weighted by atomic mass is 19.1. The van der Waals surface area contributed by atoms with E-state index in [1.807, 2.05) is 0 Å². The summed E-state index contributed by atoms with van der Waals surface area (Å²) in [5.41, 5.74) is 7.74. The van der Waals surface area contributed by atoms with Crippen molar-refractivity contribution in [3.63, 3.8) is 0 Å². The Kier molecular flexibility index (Phi) is 2.81. The number of anilines is 1. The molecular formula is C8H9FN2O2. The quantitative estimate of drug-likeness (QED) is 0.525. The molecule has 0 spiro atoms. The Balaban J connectivity index is 2.95. The van der Waals surface area contributed by atoms with Gasteiger partial charge < -0.3 is 5.73 Å². The average Bonchev–Trinajstić information content (AvgIpc) is 2.04. The maximum Gasteiger partial charge on any atom is 0.276 e. The first-order chi connectivity index (χ1) is 6.15. The van der Waals surface area contributed by atoms with E-state index in [2.05, 4.69) is 10.3 Å². The summed E-state index contributed by atoms with van der Waals surface area (Å²) in [4.78, 5) is 15.5. The smallest absolute Gasteiger partial charge is 0.276 e. The molecular weight excluding hydrogens is 175 g/mol. The van der Waals surface area contributed by atoms with Crippen LogP contribution < -0.4 is 11.2 Å². The number of carbonyl (C=O) groups is 1. The molecule has 0 atom stereocenters. The van der Waals surface area contributed by atoms with Gasteiger partial charge in [-0.1, -0.05) is 0 Å². The van der Waals surface area contributed by atoms with Crippen molar-refractivity contribution < 1.29 is 14.0 Å². The molecule has 5 heteroatoms. The third-order valence-electron chi connectivity index (χ3n) is 1.45. The number of hydrogen-bond donors (Lipinski definition) is 2. The van der Waals surface area contributed by atoms with Crippen LogP contribution in [0, 0.1) is 5.82 Å². The van der Waals surface area contributed by atoms with Crippen molar-refractivity contribution in [1.29, 1.82) is 0 Å². The lowest BCUT2D eigenvalue weighted by Crippen LogP contribution is -2.22. The molecule has 0 aliphatic rings. The average molecular weight is 184 g/mol. The van der Waals surface area contributed by atoms with Crippen molar-refractivity contribution in [3.05, 3.63) is 29.6 Å². The first-order valence-corrected chi connectivity index (χ1v) is 3.53. The van der Waals surface area contributed by atoms with Crippen molar-refractivity contribution >= 4 is 11.6 Å². The number of nitrogen functional groups attached to an aromatic ring is 1. The molecule has 0 aliphatic heterocycles. The highest BCUT2D eigenvalue weighted by molar-refractivity contribution is 5.98. The van der Waals surface area contributed by atoms with E-state index in [0.29, 0.717) is 0 Å². The Labute approximate surface area is 74.4 Å². The van der Waals surface area contributed by atoms with Crippen LogP contribution in [-0.2, 0) is 4.84 Å². The Hall–Kier alpha value is -1.62. The molecule has 0 heterocycles. The van der Waals surface area contributed by atoms with Gasteiger partial charge in [-0.25, -0.2) is 9.87 Å². The van der Waals surface area contributed by atoms with Gasteiger partial charge >= 0.3 is 0 Å². The zero-order chi connectivity index (χ0) is 9.84. The van der Waals surface area contributed by atoms with Crippen molar-refractivity contribution in [2.24, 2.45) is 0 Å².